The van der Waals surface area contributed by atoms with Crippen molar-refractivity contribution in [2.24, 2.45) is 0 Å². The number of phenols is 1. The van der Waals surface area contributed by atoms with Crippen molar-refractivity contribution in [3.8, 4) is 17.2 Å². The van der Waals surface area contributed by atoms with E-state index in [0.717, 1.165) is 4.88 Å². The second-order valence-electron chi connectivity index (χ2n) is 7.92. The summed E-state index contributed by atoms with van der Waals surface area (Å²) in [7, 11) is 5.31. The maximum atomic E-state index is 13.0. The predicted octanol–water partition coefficient (Wildman–Crippen LogP) is 3.37. The summed E-state index contributed by atoms with van der Waals surface area (Å²) in [6.07, 6.45) is -0.0848. The van der Waals surface area contributed by atoms with Crippen LogP contribution in [-0.4, -0.2) is 48.8 Å². The number of aryl methyl sites for hydroxylation is 1. The molecule has 0 saturated carbocycles. The third-order valence-electron chi connectivity index (χ3n) is 5.37. The number of nitrogens with one attached hydrogen (secondary N) is 1. The third kappa shape index (κ3) is 5.74. The zero-order valence-corrected chi connectivity index (χ0v) is 19.8. The fraction of sp³-hybridized carbons (Fsp3) is 0.333. The number of carbonyl (C=O) groups excluding carboxylic acids is 1. The van der Waals surface area contributed by atoms with Crippen LogP contribution in [0.25, 0.3) is 0 Å². The zero-order valence-electron chi connectivity index (χ0n) is 19.0. The first-order chi connectivity index (χ1) is 15.7. The lowest BCUT2D eigenvalue weighted by molar-refractivity contribution is -0.121. The van der Waals surface area contributed by atoms with Crippen molar-refractivity contribution in [1.29, 1.82) is 0 Å². The van der Waals surface area contributed by atoms with Gasteiger partial charge in [-0.2, -0.15) is 0 Å². The molecule has 2 atom stereocenters. The van der Waals surface area contributed by atoms with E-state index < -0.39 is 17.1 Å². The number of phenolic OH excluding ortho intramolecular Hbond substituents is 1. The number of thiophene rings is 1. The molecule has 0 saturated heterocycles. The largest absolute Gasteiger partial charge is 0.504 e. The van der Waals surface area contributed by atoms with Crippen LogP contribution in [0.2, 0.25) is 0 Å². The van der Waals surface area contributed by atoms with Gasteiger partial charge >= 0.3 is 0 Å². The molecule has 1 aromatic carbocycles. The van der Waals surface area contributed by atoms with E-state index in [9.17, 15) is 19.8 Å². The molecule has 0 aliphatic heterocycles. The van der Waals surface area contributed by atoms with Gasteiger partial charge in [-0.25, -0.2) is 0 Å². The first kappa shape index (κ1) is 24.3. The Hall–Kier alpha value is -3.30. The van der Waals surface area contributed by atoms with E-state index >= 15 is 0 Å². The molecule has 9 heteroatoms. The molecule has 3 N–H and O–H groups in total. The minimum Gasteiger partial charge on any atom is -0.504 e. The van der Waals surface area contributed by atoms with Gasteiger partial charge in [-0.3, -0.25) is 9.59 Å². The molecule has 176 valence electrons. The number of aromatic hydroxyl groups is 2. The van der Waals surface area contributed by atoms with E-state index in [4.69, 9.17) is 9.15 Å². The quantitative estimate of drug-likeness (QED) is 0.438. The van der Waals surface area contributed by atoms with E-state index in [1.165, 1.54) is 19.2 Å². The van der Waals surface area contributed by atoms with Crippen molar-refractivity contribution < 1.29 is 24.2 Å². The van der Waals surface area contributed by atoms with Crippen LogP contribution in [0, 0.1) is 6.92 Å². The van der Waals surface area contributed by atoms with Crippen molar-refractivity contribution in [3.63, 3.8) is 0 Å². The van der Waals surface area contributed by atoms with Crippen LogP contribution in [0.15, 0.2) is 51.0 Å². The smallest absolute Gasteiger partial charge is 0.227 e. The van der Waals surface area contributed by atoms with Gasteiger partial charge in [-0.15, -0.1) is 11.3 Å². The van der Waals surface area contributed by atoms with Crippen molar-refractivity contribution in [3.05, 3.63) is 74.0 Å². The topological polar surface area (TPSA) is 112 Å². The second kappa shape index (κ2) is 10.5. The predicted molar refractivity (Wildman–Crippen MR) is 126 cm³/mol. The van der Waals surface area contributed by atoms with E-state index in [1.54, 1.807) is 30.4 Å². The van der Waals surface area contributed by atoms with Gasteiger partial charge < -0.3 is 29.6 Å². The van der Waals surface area contributed by atoms with Crippen LogP contribution in [0.3, 0.4) is 0 Å². The number of benzene rings is 1. The molecule has 8 nitrogen and oxygen atoms in total. The summed E-state index contributed by atoms with van der Waals surface area (Å²) in [5.74, 6) is -1.15. The average molecular weight is 473 g/mol. The Labute approximate surface area is 196 Å². The van der Waals surface area contributed by atoms with Crippen LogP contribution in [0.5, 0.6) is 17.2 Å². The summed E-state index contributed by atoms with van der Waals surface area (Å²) in [5.41, 5.74) is -0.0402. The molecule has 3 rings (SSSR count). The number of ether oxygens (including phenoxy) is 1. The normalized spacial score (nSPS) is 13.0. The molecule has 0 unspecified atom stereocenters. The van der Waals surface area contributed by atoms with Gasteiger partial charge in [-0.05, 0) is 50.2 Å². The summed E-state index contributed by atoms with van der Waals surface area (Å²) in [6.45, 7) is 1.99. The number of hydrogen-bond donors (Lipinski definition) is 3. The van der Waals surface area contributed by atoms with Crippen LogP contribution in [0.1, 0.15) is 40.3 Å². The molecule has 2 heterocycles. The van der Waals surface area contributed by atoms with E-state index in [-0.39, 0.29) is 35.6 Å². The fourth-order valence-electron chi connectivity index (χ4n) is 3.62. The zero-order chi connectivity index (χ0) is 24.1. The summed E-state index contributed by atoms with van der Waals surface area (Å²) in [5, 5.41) is 25.4. The maximum Gasteiger partial charge on any atom is 0.227 e. The van der Waals surface area contributed by atoms with Gasteiger partial charge in [0.1, 0.15) is 5.76 Å². The van der Waals surface area contributed by atoms with E-state index in [1.807, 2.05) is 36.5 Å². The molecular formula is C24H28N2O6S. The Bertz CT molecular complexity index is 1160. The number of methoxy groups -OCH3 is 1. The maximum absolute atomic E-state index is 13.0. The summed E-state index contributed by atoms with van der Waals surface area (Å²) in [4.78, 5) is 28.3. The lowest BCUT2D eigenvalue weighted by Crippen LogP contribution is -2.34. The molecular weight excluding hydrogens is 444 g/mol. The molecule has 33 heavy (non-hydrogen) atoms. The highest BCUT2D eigenvalue weighted by atomic mass is 32.1. The number of carbonyl (C=O) groups is 1. The Balaban J connectivity index is 1.90. The number of nitrogens with zero attached hydrogens (tertiary/aromatic N) is 1. The highest BCUT2D eigenvalue weighted by Gasteiger charge is 2.27. The van der Waals surface area contributed by atoms with Gasteiger partial charge in [0.2, 0.25) is 17.1 Å². The molecule has 0 bridgehead atoms. The number of likely N-dealkylation sites (N-methyl/N-ethyl adjacent to an activating group) is 1. The first-order valence-electron chi connectivity index (χ1n) is 10.4. The second-order valence-corrected chi connectivity index (χ2v) is 8.90. The monoisotopic (exact) mass is 472 g/mol. The number of hydrogen-bond acceptors (Lipinski definition) is 8. The van der Waals surface area contributed by atoms with Crippen LogP contribution >= 0.6 is 11.3 Å². The van der Waals surface area contributed by atoms with Gasteiger partial charge in [0.05, 0.1) is 19.1 Å². The van der Waals surface area contributed by atoms with Crippen molar-refractivity contribution in [2.45, 2.75) is 25.3 Å². The van der Waals surface area contributed by atoms with Crippen LogP contribution in [-0.2, 0) is 4.79 Å². The molecule has 1 amide bonds. The van der Waals surface area contributed by atoms with Gasteiger partial charge in [0, 0.05) is 23.9 Å². The lowest BCUT2D eigenvalue weighted by Gasteiger charge is -2.24. The molecule has 0 aliphatic rings. The highest BCUT2D eigenvalue weighted by molar-refractivity contribution is 7.10. The molecule has 0 spiro atoms. The molecule has 2 aromatic heterocycles. The van der Waals surface area contributed by atoms with Crippen LogP contribution < -0.4 is 15.5 Å². The minimum atomic E-state index is -0.772. The fourth-order valence-corrected chi connectivity index (χ4v) is 4.54. The standard InChI is InChI=1S/C24H28N2O6S/c1-14-10-19(28)23(30)24(32-14)16(15-7-8-18(27)20(11-15)31-4)12-22(29)25-13-17(26(2)3)21-6-5-9-33-21/h5-11,16-17,27,30H,12-13H2,1-4H3,(H,25,29)/t16-,17-/m0/s1. The Morgan fingerprint density at radius 1 is 1.24 bits per heavy atom. The van der Waals surface area contributed by atoms with Crippen LogP contribution in [0.4, 0.5) is 0 Å². The van der Waals surface area contributed by atoms with Gasteiger partial charge in [-0.1, -0.05) is 12.1 Å². The number of amides is 1. The minimum absolute atomic E-state index is 0.00599. The Morgan fingerprint density at radius 2 is 2.00 bits per heavy atom. The molecule has 3 aromatic rings. The van der Waals surface area contributed by atoms with E-state index in [0.29, 0.717) is 17.9 Å². The van der Waals surface area contributed by atoms with Crippen molar-refractivity contribution >= 4 is 17.2 Å². The number of rotatable bonds is 9. The summed E-state index contributed by atoms with van der Waals surface area (Å²) in [6, 6.07) is 9.78. The SMILES string of the molecule is COc1cc([C@H](CC(=O)NC[C@@H](c2cccs2)N(C)C)c2oc(C)cc(=O)c2O)ccc1O. The van der Waals surface area contributed by atoms with Gasteiger partial charge in [0.25, 0.3) is 0 Å². The summed E-state index contributed by atoms with van der Waals surface area (Å²) >= 11 is 1.62. The van der Waals surface area contributed by atoms with Gasteiger partial charge in [0.15, 0.2) is 17.3 Å². The lowest BCUT2D eigenvalue weighted by atomic mass is 9.91. The van der Waals surface area contributed by atoms with Crippen molar-refractivity contribution in [2.75, 3.05) is 27.7 Å². The van der Waals surface area contributed by atoms with E-state index in [2.05, 4.69) is 5.32 Å². The molecule has 0 fully saturated rings. The molecule has 0 aliphatic carbocycles. The molecule has 0 radical (unpaired) electrons. The first-order valence-corrected chi connectivity index (χ1v) is 11.3. The highest BCUT2D eigenvalue weighted by Crippen LogP contribution is 2.37. The van der Waals surface area contributed by atoms with Crippen molar-refractivity contribution in [1.82, 2.24) is 10.2 Å². The third-order valence-corrected chi connectivity index (χ3v) is 6.35. The average Bonchev–Trinajstić information content (AvgIpc) is 3.29. The Morgan fingerprint density at radius 3 is 2.64 bits per heavy atom. The summed E-state index contributed by atoms with van der Waals surface area (Å²) < 4.78 is 10.9. The Kier molecular flexibility index (Phi) is 7.78.